The van der Waals surface area contributed by atoms with Crippen molar-refractivity contribution in [1.82, 2.24) is 0 Å². The van der Waals surface area contributed by atoms with Crippen molar-refractivity contribution in [3.8, 4) is 0 Å². The standard InChI is InChI=1S/C6H7FO3/c7-5-4(8)1-3-2-9-6(5)10-3/h3,5-6H,1-2H2. The minimum Gasteiger partial charge on any atom is -0.347 e. The fourth-order valence-corrected chi connectivity index (χ4v) is 1.22. The van der Waals surface area contributed by atoms with E-state index < -0.39 is 18.2 Å². The Morgan fingerprint density at radius 1 is 1.60 bits per heavy atom. The number of alkyl halides is 1. The molecule has 56 valence electrons. The SMILES string of the molecule is O=C1CC2COC(O2)C1F. The number of ketones is 1. The molecule has 2 aliphatic heterocycles. The number of Topliss-reactive ketones (excluding diaryl/α,β-unsaturated/α-hetero) is 1. The van der Waals surface area contributed by atoms with Crippen LogP contribution in [0.4, 0.5) is 4.39 Å². The number of hydrogen-bond donors (Lipinski definition) is 0. The molecular formula is C6H7FO3. The highest BCUT2D eigenvalue weighted by Crippen LogP contribution is 2.26. The van der Waals surface area contributed by atoms with Gasteiger partial charge >= 0.3 is 0 Å². The molecule has 2 heterocycles. The summed E-state index contributed by atoms with van der Waals surface area (Å²) >= 11 is 0. The van der Waals surface area contributed by atoms with Crippen LogP contribution in [0.15, 0.2) is 0 Å². The van der Waals surface area contributed by atoms with Crippen molar-refractivity contribution in [3.63, 3.8) is 0 Å². The van der Waals surface area contributed by atoms with Crippen molar-refractivity contribution < 1.29 is 18.7 Å². The summed E-state index contributed by atoms with van der Waals surface area (Å²) in [4.78, 5) is 10.7. The molecule has 0 saturated carbocycles. The Labute approximate surface area is 57.1 Å². The van der Waals surface area contributed by atoms with Gasteiger partial charge in [0.05, 0.1) is 12.7 Å². The number of ether oxygens (including phenoxy) is 2. The van der Waals surface area contributed by atoms with Gasteiger partial charge in [0.2, 0.25) is 6.17 Å². The summed E-state index contributed by atoms with van der Waals surface area (Å²) in [6.07, 6.45) is -2.49. The lowest BCUT2D eigenvalue weighted by Gasteiger charge is -2.19. The maximum absolute atomic E-state index is 12.7. The normalized spacial score (nSPS) is 46.1. The Hall–Kier alpha value is -0.480. The third-order valence-electron chi connectivity index (χ3n) is 1.75. The number of carbonyl (C=O) groups is 1. The molecule has 0 amide bonds. The van der Waals surface area contributed by atoms with Crippen molar-refractivity contribution in [2.75, 3.05) is 6.61 Å². The Bertz CT molecular complexity index is 170. The summed E-state index contributed by atoms with van der Waals surface area (Å²) < 4.78 is 22.5. The van der Waals surface area contributed by atoms with Crippen molar-refractivity contribution in [3.05, 3.63) is 0 Å². The van der Waals surface area contributed by atoms with Crippen LogP contribution in [0, 0.1) is 0 Å². The molecule has 0 aliphatic carbocycles. The third kappa shape index (κ3) is 0.759. The molecular weight excluding hydrogens is 139 g/mol. The largest absolute Gasteiger partial charge is 0.347 e. The van der Waals surface area contributed by atoms with Crippen molar-refractivity contribution >= 4 is 5.78 Å². The smallest absolute Gasteiger partial charge is 0.209 e. The first-order valence-electron chi connectivity index (χ1n) is 3.21. The molecule has 4 heteroatoms. The van der Waals surface area contributed by atoms with Crippen LogP contribution in [0.3, 0.4) is 0 Å². The Kier molecular flexibility index (Phi) is 1.25. The lowest BCUT2D eigenvalue weighted by molar-refractivity contribution is -0.157. The van der Waals surface area contributed by atoms with E-state index >= 15 is 0 Å². The van der Waals surface area contributed by atoms with Gasteiger partial charge in [-0.15, -0.1) is 0 Å². The predicted molar refractivity (Wildman–Crippen MR) is 29.1 cm³/mol. The zero-order valence-electron chi connectivity index (χ0n) is 5.25. The molecule has 2 saturated heterocycles. The van der Waals surface area contributed by atoms with Crippen LogP contribution in [0.5, 0.6) is 0 Å². The first-order chi connectivity index (χ1) is 4.77. The van der Waals surface area contributed by atoms with Gasteiger partial charge in [0, 0.05) is 6.42 Å². The summed E-state index contributed by atoms with van der Waals surface area (Å²) in [6, 6.07) is 0. The third-order valence-corrected chi connectivity index (χ3v) is 1.75. The number of hydrogen-bond acceptors (Lipinski definition) is 3. The van der Waals surface area contributed by atoms with Gasteiger partial charge in [-0.3, -0.25) is 4.79 Å². The monoisotopic (exact) mass is 146 g/mol. The zero-order valence-corrected chi connectivity index (χ0v) is 5.25. The highest BCUT2D eigenvalue weighted by Gasteiger charge is 2.43. The van der Waals surface area contributed by atoms with E-state index in [0.717, 1.165) is 0 Å². The maximum Gasteiger partial charge on any atom is 0.209 e. The fraction of sp³-hybridized carbons (Fsp3) is 0.833. The molecule has 3 nitrogen and oxygen atoms in total. The molecule has 3 unspecified atom stereocenters. The van der Waals surface area contributed by atoms with Gasteiger partial charge in [0.15, 0.2) is 12.1 Å². The molecule has 2 fully saturated rings. The summed E-state index contributed by atoms with van der Waals surface area (Å²) in [6.45, 7) is 0.358. The molecule has 10 heavy (non-hydrogen) atoms. The Balaban J connectivity index is 2.17. The van der Waals surface area contributed by atoms with Gasteiger partial charge in [-0.2, -0.15) is 0 Å². The van der Waals surface area contributed by atoms with Gasteiger partial charge < -0.3 is 9.47 Å². The second kappa shape index (κ2) is 2.00. The van der Waals surface area contributed by atoms with Gasteiger partial charge in [-0.25, -0.2) is 4.39 Å². The van der Waals surface area contributed by atoms with Crippen LogP contribution in [0.1, 0.15) is 6.42 Å². The first kappa shape index (κ1) is 6.24. The molecule has 0 N–H and O–H groups in total. The Morgan fingerprint density at radius 3 is 3.20 bits per heavy atom. The summed E-state index contributed by atoms with van der Waals surface area (Å²) in [7, 11) is 0. The van der Waals surface area contributed by atoms with E-state index in [1.165, 1.54) is 0 Å². The van der Waals surface area contributed by atoms with E-state index in [1.807, 2.05) is 0 Å². The van der Waals surface area contributed by atoms with E-state index in [1.54, 1.807) is 0 Å². The molecule has 2 rings (SSSR count). The van der Waals surface area contributed by atoms with E-state index in [4.69, 9.17) is 9.47 Å². The molecule has 0 aromatic rings. The highest BCUT2D eigenvalue weighted by molar-refractivity contribution is 5.84. The molecule has 0 spiro atoms. The van der Waals surface area contributed by atoms with E-state index in [9.17, 15) is 9.18 Å². The summed E-state index contributed by atoms with van der Waals surface area (Å²) in [5.74, 6) is -0.390. The van der Waals surface area contributed by atoms with Gasteiger partial charge in [-0.1, -0.05) is 0 Å². The predicted octanol–water partition coefficient (Wildman–Crippen LogP) is 0.0388. The second-order valence-electron chi connectivity index (χ2n) is 2.53. The maximum atomic E-state index is 12.7. The van der Waals surface area contributed by atoms with Crippen LogP contribution in [0.25, 0.3) is 0 Å². The van der Waals surface area contributed by atoms with Crippen LogP contribution in [-0.2, 0) is 14.3 Å². The molecule has 0 aromatic heterocycles. The molecule has 2 bridgehead atoms. The topological polar surface area (TPSA) is 35.5 Å². The highest BCUT2D eigenvalue weighted by atomic mass is 19.1. The van der Waals surface area contributed by atoms with Crippen LogP contribution >= 0.6 is 0 Å². The second-order valence-corrected chi connectivity index (χ2v) is 2.53. The van der Waals surface area contributed by atoms with Gasteiger partial charge in [0.25, 0.3) is 0 Å². The number of rotatable bonds is 0. The minimum atomic E-state index is -1.56. The average molecular weight is 146 g/mol. The van der Waals surface area contributed by atoms with Crippen molar-refractivity contribution in [2.45, 2.75) is 25.0 Å². The number of fused-ring (bicyclic) bond motifs is 2. The average Bonchev–Trinajstić information content (AvgIpc) is 2.29. The van der Waals surface area contributed by atoms with Crippen LogP contribution in [-0.4, -0.2) is 31.0 Å². The number of halogens is 1. The van der Waals surface area contributed by atoms with Crippen molar-refractivity contribution in [2.24, 2.45) is 0 Å². The van der Waals surface area contributed by atoms with Crippen molar-refractivity contribution in [1.29, 1.82) is 0 Å². The van der Waals surface area contributed by atoms with Crippen LogP contribution in [0.2, 0.25) is 0 Å². The fourth-order valence-electron chi connectivity index (χ4n) is 1.22. The molecule has 0 aromatic carbocycles. The minimum absolute atomic E-state index is 0.164. The van der Waals surface area contributed by atoms with E-state index in [2.05, 4.69) is 0 Å². The quantitative estimate of drug-likeness (QED) is 0.484. The number of carbonyl (C=O) groups excluding carboxylic acids is 1. The Morgan fingerprint density at radius 2 is 2.40 bits per heavy atom. The van der Waals surface area contributed by atoms with Gasteiger partial charge in [0.1, 0.15) is 0 Å². The lowest BCUT2D eigenvalue weighted by atomic mass is 10.1. The summed E-state index contributed by atoms with van der Waals surface area (Å²) in [5, 5.41) is 0. The van der Waals surface area contributed by atoms with Gasteiger partial charge in [-0.05, 0) is 0 Å². The van der Waals surface area contributed by atoms with Crippen LogP contribution < -0.4 is 0 Å². The molecule has 2 aliphatic rings. The lowest BCUT2D eigenvalue weighted by Crippen LogP contribution is -2.37. The zero-order chi connectivity index (χ0) is 7.14. The van der Waals surface area contributed by atoms with E-state index in [-0.39, 0.29) is 12.5 Å². The molecule has 0 radical (unpaired) electrons. The summed E-state index contributed by atoms with van der Waals surface area (Å²) in [5.41, 5.74) is 0. The molecule has 3 atom stereocenters. The van der Waals surface area contributed by atoms with E-state index in [0.29, 0.717) is 6.61 Å². The first-order valence-corrected chi connectivity index (χ1v) is 3.21.